The Morgan fingerprint density at radius 1 is 0.900 bits per heavy atom. The normalized spacial score (nSPS) is 15.2. The quantitative estimate of drug-likeness (QED) is 0.673. The van der Waals surface area contributed by atoms with Crippen LogP contribution in [0, 0.1) is 13.8 Å². The highest BCUT2D eigenvalue weighted by Gasteiger charge is 2.29. The number of hydrogen-bond acceptors (Lipinski definition) is 7. The van der Waals surface area contributed by atoms with Gasteiger partial charge < -0.3 is 10.2 Å². The van der Waals surface area contributed by atoms with Crippen LogP contribution in [0.5, 0.6) is 0 Å². The van der Waals surface area contributed by atoms with Crippen LogP contribution in [0.4, 0.5) is 17.5 Å². The Hall–Kier alpha value is -3.04. The smallest absolute Gasteiger partial charge is 0.243 e. The molecule has 1 saturated heterocycles. The van der Waals surface area contributed by atoms with E-state index >= 15 is 0 Å². The number of pyridine rings is 1. The molecular formula is C21H24N6O2S. The van der Waals surface area contributed by atoms with Gasteiger partial charge >= 0.3 is 0 Å². The van der Waals surface area contributed by atoms with E-state index < -0.39 is 10.0 Å². The van der Waals surface area contributed by atoms with E-state index in [2.05, 4.69) is 20.3 Å². The lowest BCUT2D eigenvalue weighted by Crippen LogP contribution is -2.49. The number of nitrogens with zero attached hydrogens (tertiary/aromatic N) is 5. The number of anilines is 3. The number of rotatable bonds is 5. The lowest BCUT2D eigenvalue weighted by atomic mass is 10.2. The minimum atomic E-state index is -3.51. The summed E-state index contributed by atoms with van der Waals surface area (Å²) in [5.41, 5.74) is 3.00. The van der Waals surface area contributed by atoms with Gasteiger partial charge in [0, 0.05) is 56.0 Å². The number of piperazine rings is 1. The van der Waals surface area contributed by atoms with Gasteiger partial charge in [-0.05, 0) is 38.1 Å². The highest BCUT2D eigenvalue weighted by atomic mass is 32.2. The summed E-state index contributed by atoms with van der Waals surface area (Å²) in [6.07, 6.45) is 2.98. The Bertz CT molecular complexity index is 1110. The molecule has 1 aliphatic rings. The van der Waals surface area contributed by atoms with E-state index in [1.54, 1.807) is 0 Å². The van der Waals surface area contributed by atoms with Crippen molar-refractivity contribution in [3.63, 3.8) is 0 Å². The van der Waals surface area contributed by atoms with Crippen molar-refractivity contribution in [2.75, 3.05) is 36.4 Å². The van der Waals surface area contributed by atoms with Crippen LogP contribution in [0.25, 0.3) is 0 Å². The van der Waals surface area contributed by atoms with Crippen molar-refractivity contribution in [2.45, 2.75) is 18.7 Å². The third-order valence-corrected chi connectivity index (χ3v) is 6.89. The Labute approximate surface area is 176 Å². The van der Waals surface area contributed by atoms with Crippen molar-refractivity contribution in [1.29, 1.82) is 0 Å². The molecule has 0 spiro atoms. The standard InChI is InChI=1S/C21H24N6O2S/c1-16-3-5-18(6-4-16)24-20-15-17(2)23-21(25-20)26-11-13-27(14-12-26)30(28,29)19-7-9-22-10-8-19/h3-10,15H,11-14H2,1-2H3,(H,23,24,25). The molecule has 3 heterocycles. The van der Waals surface area contributed by atoms with Gasteiger partial charge in [-0.15, -0.1) is 0 Å². The first-order chi connectivity index (χ1) is 14.4. The molecule has 9 heteroatoms. The van der Waals surface area contributed by atoms with E-state index in [0.717, 1.165) is 11.4 Å². The molecular weight excluding hydrogens is 400 g/mol. The van der Waals surface area contributed by atoms with E-state index in [0.29, 0.717) is 37.9 Å². The molecule has 0 unspecified atom stereocenters. The maximum Gasteiger partial charge on any atom is 0.243 e. The summed E-state index contributed by atoms with van der Waals surface area (Å²) in [6.45, 7) is 5.78. The fraction of sp³-hybridized carbons (Fsp3) is 0.286. The lowest BCUT2D eigenvalue weighted by Gasteiger charge is -2.34. The summed E-state index contributed by atoms with van der Waals surface area (Å²) < 4.78 is 27.1. The molecule has 0 bridgehead atoms. The molecule has 0 atom stereocenters. The summed E-state index contributed by atoms with van der Waals surface area (Å²) in [5.74, 6) is 1.32. The van der Waals surface area contributed by atoms with Crippen molar-refractivity contribution >= 4 is 27.5 Å². The molecule has 1 N–H and O–H groups in total. The second kappa shape index (κ2) is 8.37. The summed E-state index contributed by atoms with van der Waals surface area (Å²) in [7, 11) is -3.51. The van der Waals surface area contributed by atoms with Crippen LogP contribution in [-0.2, 0) is 10.0 Å². The predicted octanol–water partition coefficient (Wildman–Crippen LogP) is 2.74. The number of aromatic nitrogens is 3. The molecule has 0 aliphatic carbocycles. The summed E-state index contributed by atoms with van der Waals surface area (Å²) in [6, 6.07) is 13.0. The Kier molecular flexibility index (Phi) is 5.65. The number of hydrogen-bond donors (Lipinski definition) is 1. The van der Waals surface area contributed by atoms with E-state index in [-0.39, 0.29) is 4.90 Å². The minimum Gasteiger partial charge on any atom is -0.340 e. The van der Waals surface area contributed by atoms with Crippen LogP contribution in [0.3, 0.4) is 0 Å². The minimum absolute atomic E-state index is 0.266. The van der Waals surface area contributed by atoms with Crippen molar-refractivity contribution < 1.29 is 8.42 Å². The lowest BCUT2D eigenvalue weighted by molar-refractivity contribution is 0.382. The highest BCUT2D eigenvalue weighted by Crippen LogP contribution is 2.22. The van der Waals surface area contributed by atoms with Gasteiger partial charge in [-0.25, -0.2) is 13.4 Å². The fourth-order valence-electron chi connectivity index (χ4n) is 3.33. The molecule has 8 nitrogen and oxygen atoms in total. The third-order valence-electron chi connectivity index (χ3n) is 4.98. The molecule has 1 aliphatic heterocycles. The molecule has 1 aromatic carbocycles. The highest BCUT2D eigenvalue weighted by molar-refractivity contribution is 7.89. The molecule has 4 rings (SSSR count). The summed E-state index contributed by atoms with van der Waals surface area (Å²) in [5, 5.41) is 3.32. The largest absolute Gasteiger partial charge is 0.340 e. The second-order valence-electron chi connectivity index (χ2n) is 7.26. The van der Waals surface area contributed by atoms with Crippen molar-refractivity contribution in [3.05, 3.63) is 66.1 Å². The van der Waals surface area contributed by atoms with Gasteiger partial charge in [0.15, 0.2) is 0 Å². The van der Waals surface area contributed by atoms with E-state index in [9.17, 15) is 8.42 Å². The maximum atomic E-state index is 12.8. The fourth-order valence-corrected chi connectivity index (χ4v) is 4.74. The number of benzene rings is 1. The van der Waals surface area contributed by atoms with Crippen molar-refractivity contribution in [1.82, 2.24) is 19.3 Å². The van der Waals surface area contributed by atoms with Crippen molar-refractivity contribution in [3.8, 4) is 0 Å². The van der Waals surface area contributed by atoms with E-state index in [1.807, 2.05) is 49.1 Å². The summed E-state index contributed by atoms with van der Waals surface area (Å²) >= 11 is 0. The Morgan fingerprint density at radius 2 is 1.57 bits per heavy atom. The molecule has 3 aromatic rings. The van der Waals surface area contributed by atoms with Crippen LogP contribution < -0.4 is 10.2 Å². The first-order valence-corrected chi connectivity index (χ1v) is 11.2. The van der Waals surface area contributed by atoms with E-state index in [1.165, 1.54) is 34.4 Å². The van der Waals surface area contributed by atoms with Gasteiger partial charge in [0.25, 0.3) is 0 Å². The van der Waals surface area contributed by atoms with Gasteiger partial charge in [-0.3, -0.25) is 4.98 Å². The van der Waals surface area contributed by atoms with Crippen LogP contribution in [0.2, 0.25) is 0 Å². The molecule has 30 heavy (non-hydrogen) atoms. The molecule has 156 valence electrons. The zero-order valence-electron chi connectivity index (χ0n) is 17.0. The molecule has 0 amide bonds. The number of sulfonamides is 1. The first kappa shape index (κ1) is 20.2. The maximum absolute atomic E-state index is 12.8. The summed E-state index contributed by atoms with van der Waals surface area (Å²) in [4.78, 5) is 15.4. The SMILES string of the molecule is Cc1ccc(Nc2cc(C)nc(N3CCN(S(=O)(=O)c4ccncc4)CC3)n2)cc1. The van der Waals surface area contributed by atoms with Gasteiger partial charge in [0.2, 0.25) is 16.0 Å². The molecule has 0 radical (unpaired) electrons. The predicted molar refractivity (Wildman–Crippen MR) is 116 cm³/mol. The molecule has 2 aromatic heterocycles. The van der Waals surface area contributed by atoms with Gasteiger partial charge in [-0.1, -0.05) is 17.7 Å². The van der Waals surface area contributed by atoms with Gasteiger partial charge in [0.05, 0.1) is 4.90 Å². The number of aryl methyl sites for hydroxylation is 2. The zero-order chi connectivity index (χ0) is 21.1. The molecule has 0 saturated carbocycles. The average molecular weight is 425 g/mol. The monoisotopic (exact) mass is 424 g/mol. The van der Waals surface area contributed by atoms with E-state index in [4.69, 9.17) is 0 Å². The van der Waals surface area contributed by atoms with Crippen LogP contribution in [0.1, 0.15) is 11.3 Å². The van der Waals surface area contributed by atoms with Gasteiger partial charge in [-0.2, -0.15) is 9.29 Å². The average Bonchev–Trinajstić information content (AvgIpc) is 2.76. The number of nitrogens with one attached hydrogen (secondary N) is 1. The zero-order valence-corrected chi connectivity index (χ0v) is 17.8. The van der Waals surface area contributed by atoms with Crippen LogP contribution >= 0.6 is 0 Å². The van der Waals surface area contributed by atoms with Gasteiger partial charge in [0.1, 0.15) is 5.82 Å². The third kappa shape index (κ3) is 4.42. The Morgan fingerprint density at radius 3 is 2.23 bits per heavy atom. The topological polar surface area (TPSA) is 91.3 Å². The Balaban J connectivity index is 1.47. The van der Waals surface area contributed by atoms with Crippen LogP contribution in [-0.4, -0.2) is 53.9 Å². The first-order valence-electron chi connectivity index (χ1n) is 9.76. The van der Waals surface area contributed by atoms with Crippen LogP contribution in [0.15, 0.2) is 59.8 Å². The molecule has 1 fully saturated rings. The second-order valence-corrected chi connectivity index (χ2v) is 9.20. The van der Waals surface area contributed by atoms with Crippen molar-refractivity contribution in [2.24, 2.45) is 0 Å².